The first-order chi connectivity index (χ1) is 7.58. The minimum absolute atomic E-state index is 0.171. The summed E-state index contributed by atoms with van der Waals surface area (Å²) in [6.45, 7) is 0. The van der Waals surface area contributed by atoms with E-state index in [0.717, 1.165) is 5.56 Å². The standard InChI is InChI=1S/C12H13FO2S/c13-9-3-4-11-10(8-1-2-8)5-6-16(14,15)12(11)7-9/h3-4,7-8,10H,1-2,5-6H2/t10-/m1/s1. The molecule has 1 aliphatic carbocycles. The molecule has 1 aromatic rings. The zero-order chi connectivity index (χ0) is 11.3. The van der Waals surface area contributed by atoms with Gasteiger partial charge in [-0.15, -0.1) is 0 Å². The highest BCUT2D eigenvalue weighted by molar-refractivity contribution is 7.91. The van der Waals surface area contributed by atoms with Crippen LogP contribution in [0.5, 0.6) is 0 Å². The molecule has 0 radical (unpaired) electrons. The van der Waals surface area contributed by atoms with Crippen LogP contribution in [0.3, 0.4) is 0 Å². The van der Waals surface area contributed by atoms with Crippen molar-refractivity contribution in [2.45, 2.75) is 30.1 Å². The second-order valence-electron chi connectivity index (χ2n) is 4.73. The van der Waals surface area contributed by atoms with Crippen LogP contribution >= 0.6 is 0 Å². The highest BCUT2D eigenvalue weighted by Crippen LogP contribution is 2.48. The van der Waals surface area contributed by atoms with Crippen molar-refractivity contribution in [3.8, 4) is 0 Å². The topological polar surface area (TPSA) is 34.1 Å². The molecule has 0 N–H and O–H groups in total. The summed E-state index contributed by atoms with van der Waals surface area (Å²) >= 11 is 0. The molecule has 1 aliphatic heterocycles. The Labute approximate surface area is 94.4 Å². The number of benzene rings is 1. The maximum atomic E-state index is 13.1. The van der Waals surface area contributed by atoms with Crippen molar-refractivity contribution in [2.75, 3.05) is 5.75 Å². The third-order valence-corrected chi connectivity index (χ3v) is 5.40. The molecule has 0 amide bonds. The lowest BCUT2D eigenvalue weighted by Crippen LogP contribution is -2.21. The maximum Gasteiger partial charge on any atom is 0.178 e. The van der Waals surface area contributed by atoms with E-state index in [1.165, 1.54) is 25.0 Å². The van der Waals surface area contributed by atoms with Gasteiger partial charge in [-0.2, -0.15) is 0 Å². The number of hydrogen-bond donors (Lipinski definition) is 0. The van der Waals surface area contributed by atoms with Gasteiger partial charge in [-0.25, -0.2) is 12.8 Å². The Hall–Kier alpha value is -0.900. The van der Waals surface area contributed by atoms with Crippen LogP contribution in [0, 0.1) is 11.7 Å². The van der Waals surface area contributed by atoms with E-state index in [1.54, 1.807) is 6.07 Å². The number of rotatable bonds is 1. The molecule has 2 nitrogen and oxygen atoms in total. The lowest BCUT2D eigenvalue weighted by molar-refractivity contribution is 0.529. The molecule has 1 heterocycles. The van der Waals surface area contributed by atoms with Crippen LogP contribution < -0.4 is 0 Å². The van der Waals surface area contributed by atoms with Crippen LogP contribution in [-0.2, 0) is 9.84 Å². The van der Waals surface area contributed by atoms with Gasteiger partial charge in [-0.1, -0.05) is 6.07 Å². The molecular formula is C12H13FO2S. The summed E-state index contributed by atoms with van der Waals surface area (Å²) < 4.78 is 36.8. The highest BCUT2D eigenvalue weighted by atomic mass is 32.2. The molecule has 0 spiro atoms. The second kappa shape index (κ2) is 3.29. The van der Waals surface area contributed by atoms with E-state index >= 15 is 0 Å². The smallest absolute Gasteiger partial charge is 0.178 e. The van der Waals surface area contributed by atoms with Gasteiger partial charge in [0.25, 0.3) is 0 Å². The Morgan fingerprint density at radius 3 is 2.62 bits per heavy atom. The Bertz CT molecular complexity index is 532. The largest absolute Gasteiger partial charge is 0.224 e. The first-order valence-corrected chi connectivity index (χ1v) is 7.25. The Morgan fingerprint density at radius 1 is 1.19 bits per heavy atom. The van der Waals surface area contributed by atoms with E-state index in [0.29, 0.717) is 18.3 Å². The summed E-state index contributed by atoms with van der Waals surface area (Å²) in [6.07, 6.45) is 3.06. The summed E-state index contributed by atoms with van der Waals surface area (Å²) in [5, 5.41) is 0. The van der Waals surface area contributed by atoms with Gasteiger partial charge in [0, 0.05) is 0 Å². The molecule has 3 rings (SSSR count). The highest BCUT2D eigenvalue weighted by Gasteiger charge is 2.39. The summed E-state index contributed by atoms with van der Waals surface area (Å²) in [5.41, 5.74) is 0.843. The van der Waals surface area contributed by atoms with Crippen molar-refractivity contribution in [2.24, 2.45) is 5.92 Å². The van der Waals surface area contributed by atoms with E-state index in [-0.39, 0.29) is 10.6 Å². The van der Waals surface area contributed by atoms with Gasteiger partial charge in [0.2, 0.25) is 0 Å². The van der Waals surface area contributed by atoms with Crippen LogP contribution in [0.4, 0.5) is 4.39 Å². The van der Waals surface area contributed by atoms with Crippen molar-refractivity contribution in [3.63, 3.8) is 0 Å². The zero-order valence-corrected chi connectivity index (χ0v) is 9.63. The number of hydrogen-bond acceptors (Lipinski definition) is 2. The predicted octanol–water partition coefficient (Wildman–Crippen LogP) is 2.50. The molecule has 1 atom stereocenters. The molecule has 0 aromatic heterocycles. The molecule has 1 fully saturated rings. The van der Waals surface area contributed by atoms with Gasteiger partial charge in [-0.05, 0) is 48.8 Å². The van der Waals surface area contributed by atoms with Gasteiger partial charge < -0.3 is 0 Å². The molecule has 0 unspecified atom stereocenters. The zero-order valence-electron chi connectivity index (χ0n) is 8.82. The van der Waals surface area contributed by atoms with Crippen LogP contribution in [0.1, 0.15) is 30.7 Å². The third kappa shape index (κ3) is 1.56. The normalized spacial score (nSPS) is 27.4. The quantitative estimate of drug-likeness (QED) is 0.755. The van der Waals surface area contributed by atoms with Gasteiger partial charge in [0.05, 0.1) is 10.6 Å². The molecule has 0 bridgehead atoms. The fourth-order valence-electron chi connectivity index (χ4n) is 2.62. The minimum atomic E-state index is -3.24. The number of fused-ring (bicyclic) bond motifs is 1. The van der Waals surface area contributed by atoms with Crippen molar-refractivity contribution in [1.29, 1.82) is 0 Å². The first-order valence-electron chi connectivity index (χ1n) is 5.60. The monoisotopic (exact) mass is 240 g/mol. The molecular weight excluding hydrogens is 227 g/mol. The van der Waals surface area contributed by atoms with Crippen LogP contribution in [0.25, 0.3) is 0 Å². The van der Waals surface area contributed by atoms with Gasteiger partial charge in [0.1, 0.15) is 5.82 Å². The predicted molar refractivity (Wildman–Crippen MR) is 58.5 cm³/mol. The fraction of sp³-hybridized carbons (Fsp3) is 0.500. The van der Waals surface area contributed by atoms with Crippen molar-refractivity contribution in [3.05, 3.63) is 29.6 Å². The first kappa shape index (κ1) is 10.3. The Balaban J connectivity index is 2.17. The van der Waals surface area contributed by atoms with Crippen LogP contribution in [0.15, 0.2) is 23.1 Å². The minimum Gasteiger partial charge on any atom is -0.224 e. The van der Waals surface area contributed by atoms with Gasteiger partial charge in [-0.3, -0.25) is 0 Å². The van der Waals surface area contributed by atoms with Crippen molar-refractivity contribution >= 4 is 9.84 Å². The molecule has 86 valence electrons. The van der Waals surface area contributed by atoms with Crippen molar-refractivity contribution in [1.82, 2.24) is 0 Å². The summed E-state index contributed by atoms with van der Waals surface area (Å²) in [5.74, 6) is 0.669. The maximum absolute atomic E-state index is 13.1. The molecule has 1 saturated carbocycles. The average molecular weight is 240 g/mol. The Morgan fingerprint density at radius 2 is 1.94 bits per heavy atom. The third-order valence-electron chi connectivity index (χ3n) is 3.60. The molecule has 16 heavy (non-hydrogen) atoms. The number of sulfone groups is 1. The summed E-state index contributed by atoms with van der Waals surface area (Å²) in [4.78, 5) is 0.232. The molecule has 4 heteroatoms. The fourth-order valence-corrected chi connectivity index (χ4v) is 4.27. The second-order valence-corrected chi connectivity index (χ2v) is 6.81. The summed E-state index contributed by atoms with van der Waals surface area (Å²) in [6, 6.07) is 4.21. The van der Waals surface area contributed by atoms with E-state index in [1.807, 2.05) is 0 Å². The Kier molecular flexibility index (Phi) is 2.11. The number of halogens is 1. The molecule has 0 saturated heterocycles. The van der Waals surface area contributed by atoms with Gasteiger partial charge in [0.15, 0.2) is 9.84 Å². The van der Waals surface area contributed by atoms with Crippen LogP contribution in [0.2, 0.25) is 0 Å². The van der Waals surface area contributed by atoms with E-state index in [9.17, 15) is 12.8 Å². The van der Waals surface area contributed by atoms with E-state index in [2.05, 4.69) is 0 Å². The summed E-state index contributed by atoms with van der Waals surface area (Å²) in [7, 11) is -3.24. The lowest BCUT2D eigenvalue weighted by Gasteiger charge is -2.25. The average Bonchev–Trinajstić information content (AvgIpc) is 3.03. The SMILES string of the molecule is O=S1(=O)CC[C@H](C2CC2)c2ccc(F)cc21. The molecule has 2 aliphatic rings. The lowest BCUT2D eigenvalue weighted by atomic mass is 9.91. The van der Waals surface area contributed by atoms with E-state index in [4.69, 9.17) is 0 Å². The molecule has 1 aromatic carbocycles. The van der Waals surface area contributed by atoms with Crippen molar-refractivity contribution < 1.29 is 12.8 Å². The van der Waals surface area contributed by atoms with E-state index < -0.39 is 15.7 Å². The van der Waals surface area contributed by atoms with Gasteiger partial charge >= 0.3 is 0 Å². The van der Waals surface area contributed by atoms with Crippen LogP contribution in [-0.4, -0.2) is 14.2 Å².